The van der Waals surface area contributed by atoms with Gasteiger partial charge in [0.2, 0.25) is 10.0 Å². The number of hydrogen-bond acceptors (Lipinski definition) is 4. The van der Waals surface area contributed by atoms with E-state index in [1.54, 1.807) is 24.3 Å². The van der Waals surface area contributed by atoms with Crippen LogP contribution in [0.2, 0.25) is 0 Å². The SMILES string of the molecule is Cc1cccc(OCCNC(=O)c2ccccc2NS(C)(=O)=O)c1. The maximum Gasteiger partial charge on any atom is 0.253 e. The molecule has 0 aromatic heterocycles. The molecule has 2 aromatic carbocycles. The molecule has 0 fully saturated rings. The molecule has 0 saturated carbocycles. The summed E-state index contributed by atoms with van der Waals surface area (Å²) in [5.41, 5.74) is 1.60. The van der Waals surface area contributed by atoms with Crippen molar-refractivity contribution in [2.45, 2.75) is 6.92 Å². The van der Waals surface area contributed by atoms with Crippen molar-refractivity contribution in [3.05, 3.63) is 59.7 Å². The van der Waals surface area contributed by atoms with E-state index in [4.69, 9.17) is 4.74 Å². The second-order valence-electron chi connectivity index (χ2n) is 5.34. The number of amides is 1. The Hall–Kier alpha value is -2.54. The van der Waals surface area contributed by atoms with Crippen molar-refractivity contribution in [1.29, 1.82) is 0 Å². The predicted molar refractivity (Wildman–Crippen MR) is 93.9 cm³/mol. The fourth-order valence-corrected chi connectivity index (χ4v) is 2.68. The Balaban J connectivity index is 1.91. The molecular weight excluding hydrogens is 328 g/mol. The highest BCUT2D eigenvalue weighted by atomic mass is 32.2. The highest BCUT2D eigenvalue weighted by Crippen LogP contribution is 2.16. The number of rotatable bonds is 7. The second-order valence-corrected chi connectivity index (χ2v) is 7.09. The number of para-hydroxylation sites is 1. The van der Waals surface area contributed by atoms with E-state index in [9.17, 15) is 13.2 Å². The van der Waals surface area contributed by atoms with Gasteiger partial charge in [0.25, 0.3) is 5.91 Å². The smallest absolute Gasteiger partial charge is 0.253 e. The summed E-state index contributed by atoms with van der Waals surface area (Å²) in [4.78, 5) is 12.2. The zero-order chi connectivity index (χ0) is 17.6. The topological polar surface area (TPSA) is 84.5 Å². The van der Waals surface area contributed by atoms with E-state index < -0.39 is 10.0 Å². The van der Waals surface area contributed by atoms with Crippen molar-refractivity contribution in [2.75, 3.05) is 24.1 Å². The number of carbonyl (C=O) groups excluding carboxylic acids is 1. The molecule has 0 aliphatic heterocycles. The highest BCUT2D eigenvalue weighted by Gasteiger charge is 2.13. The number of benzene rings is 2. The molecule has 0 atom stereocenters. The number of nitrogens with one attached hydrogen (secondary N) is 2. The van der Waals surface area contributed by atoms with Gasteiger partial charge in [-0.05, 0) is 36.8 Å². The van der Waals surface area contributed by atoms with Gasteiger partial charge in [0.05, 0.1) is 24.1 Å². The maximum atomic E-state index is 12.2. The monoisotopic (exact) mass is 348 g/mol. The van der Waals surface area contributed by atoms with Gasteiger partial charge in [-0.15, -0.1) is 0 Å². The molecule has 2 rings (SSSR count). The molecule has 6 nitrogen and oxygen atoms in total. The molecule has 0 spiro atoms. The summed E-state index contributed by atoms with van der Waals surface area (Å²) in [6.07, 6.45) is 1.04. The molecule has 0 bridgehead atoms. The lowest BCUT2D eigenvalue weighted by Gasteiger charge is -2.11. The fourth-order valence-electron chi connectivity index (χ4n) is 2.10. The van der Waals surface area contributed by atoms with E-state index in [-0.39, 0.29) is 17.2 Å². The third-order valence-electron chi connectivity index (χ3n) is 3.11. The molecule has 128 valence electrons. The van der Waals surface area contributed by atoms with Crippen molar-refractivity contribution >= 4 is 21.6 Å². The summed E-state index contributed by atoms with van der Waals surface area (Å²) < 4.78 is 30.6. The molecule has 24 heavy (non-hydrogen) atoms. The van der Waals surface area contributed by atoms with E-state index in [1.807, 2.05) is 31.2 Å². The van der Waals surface area contributed by atoms with Crippen molar-refractivity contribution in [3.63, 3.8) is 0 Å². The molecule has 0 aliphatic rings. The number of aryl methyl sites for hydroxylation is 1. The van der Waals surface area contributed by atoms with E-state index in [1.165, 1.54) is 0 Å². The van der Waals surface area contributed by atoms with Gasteiger partial charge in [0.15, 0.2) is 0 Å². The number of hydrogen-bond donors (Lipinski definition) is 2. The van der Waals surface area contributed by atoms with Gasteiger partial charge in [0.1, 0.15) is 12.4 Å². The number of ether oxygens (including phenoxy) is 1. The van der Waals surface area contributed by atoms with Crippen LogP contribution in [0.5, 0.6) is 5.75 Å². The van der Waals surface area contributed by atoms with Gasteiger partial charge in [-0.25, -0.2) is 8.42 Å². The van der Waals surface area contributed by atoms with Crippen LogP contribution in [0.3, 0.4) is 0 Å². The standard InChI is InChI=1S/C17H20N2O4S/c1-13-6-5-7-14(12-13)23-11-10-18-17(20)15-8-3-4-9-16(15)19-24(2,21)22/h3-9,12,19H,10-11H2,1-2H3,(H,18,20). The van der Waals surface area contributed by atoms with Crippen LogP contribution in [-0.2, 0) is 10.0 Å². The van der Waals surface area contributed by atoms with Crippen LogP contribution in [0.25, 0.3) is 0 Å². The first-order valence-electron chi connectivity index (χ1n) is 7.39. The van der Waals surface area contributed by atoms with Crippen LogP contribution in [0.1, 0.15) is 15.9 Å². The van der Waals surface area contributed by atoms with Crippen LogP contribution < -0.4 is 14.8 Å². The van der Waals surface area contributed by atoms with Crippen molar-refractivity contribution < 1.29 is 17.9 Å². The van der Waals surface area contributed by atoms with E-state index >= 15 is 0 Å². The Morgan fingerprint density at radius 2 is 1.88 bits per heavy atom. The zero-order valence-corrected chi connectivity index (χ0v) is 14.4. The van der Waals surface area contributed by atoms with Gasteiger partial charge in [-0.2, -0.15) is 0 Å². The van der Waals surface area contributed by atoms with Crippen LogP contribution >= 0.6 is 0 Å². The summed E-state index contributed by atoms with van der Waals surface area (Å²) in [5, 5.41) is 2.71. The quantitative estimate of drug-likeness (QED) is 0.751. The lowest BCUT2D eigenvalue weighted by molar-refractivity contribution is 0.0948. The molecule has 2 aromatic rings. The highest BCUT2D eigenvalue weighted by molar-refractivity contribution is 7.92. The van der Waals surface area contributed by atoms with Crippen molar-refractivity contribution in [1.82, 2.24) is 5.32 Å². The fraction of sp³-hybridized carbons (Fsp3) is 0.235. The Bertz CT molecular complexity index is 819. The first-order chi connectivity index (χ1) is 11.3. The van der Waals surface area contributed by atoms with Crippen LogP contribution in [0.15, 0.2) is 48.5 Å². The zero-order valence-electron chi connectivity index (χ0n) is 13.6. The average Bonchev–Trinajstić information content (AvgIpc) is 2.50. The third kappa shape index (κ3) is 5.58. The maximum absolute atomic E-state index is 12.2. The first kappa shape index (κ1) is 17.8. The predicted octanol–water partition coefficient (Wildman–Crippen LogP) is 2.18. The number of sulfonamides is 1. The molecule has 7 heteroatoms. The van der Waals surface area contributed by atoms with E-state index in [0.717, 1.165) is 17.6 Å². The summed E-state index contributed by atoms with van der Waals surface area (Å²) in [6, 6.07) is 14.1. The van der Waals surface area contributed by atoms with Gasteiger partial charge in [-0.1, -0.05) is 24.3 Å². The second kappa shape index (κ2) is 7.83. The van der Waals surface area contributed by atoms with Crippen LogP contribution in [-0.4, -0.2) is 33.7 Å². The lowest BCUT2D eigenvalue weighted by Crippen LogP contribution is -2.29. The number of carbonyl (C=O) groups is 1. The molecular formula is C17H20N2O4S. The first-order valence-corrected chi connectivity index (χ1v) is 9.29. The normalized spacial score (nSPS) is 10.9. The molecule has 2 N–H and O–H groups in total. The Morgan fingerprint density at radius 3 is 2.58 bits per heavy atom. The molecule has 0 heterocycles. The minimum atomic E-state index is -3.45. The van der Waals surface area contributed by atoms with E-state index in [2.05, 4.69) is 10.0 Å². The molecule has 0 saturated heterocycles. The van der Waals surface area contributed by atoms with Gasteiger partial charge < -0.3 is 10.1 Å². The van der Waals surface area contributed by atoms with Crippen molar-refractivity contribution in [2.24, 2.45) is 0 Å². The summed E-state index contributed by atoms with van der Waals surface area (Å²) in [7, 11) is -3.45. The summed E-state index contributed by atoms with van der Waals surface area (Å²) in [6.45, 7) is 2.59. The van der Waals surface area contributed by atoms with Gasteiger partial charge >= 0.3 is 0 Å². The van der Waals surface area contributed by atoms with E-state index in [0.29, 0.717) is 13.2 Å². The summed E-state index contributed by atoms with van der Waals surface area (Å²) in [5.74, 6) is 0.373. The Kier molecular flexibility index (Phi) is 5.81. The number of anilines is 1. The van der Waals surface area contributed by atoms with Crippen molar-refractivity contribution in [3.8, 4) is 5.75 Å². The molecule has 0 aliphatic carbocycles. The molecule has 0 radical (unpaired) electrons. The van der Waals surface area contributed by atoms with Crippen LogP contribution in [0, 0.1) is 6.92 Å². The third-order valence-corrected chi connectivity index (χ3v) is 3.70. The largest absolute Gasteiger partial charge is 0.492 e. The Morgan fingerprint density at radius 1 is 1.12 bits per heavy atom. The minimum absolute atomic E-state index is 0.247. The van der Waals surface area contributed by atoms with Gasteiger partial charge in [0, 0.05) is 0 Å². The van der Waals surface area contributed by atoms with Crippen LogP contribution in [0.4, 0.5) is 5.69 Å². The van der Waals surface area contributed by atoms with Gasteiger partial charge in [-0.3, -0.25) is 9.52 Å². The minimum Gasteiger partial charge on any atom is -0.492 e. The molecule has 0 unspecified atom stereocenters. The lowest BCUT2D eigenvalue weighted by atomic mass is 10.1. The molecule has 1 amide bonds. The average molecular weight is 348 g/mol. The summed E-state index contributed by atoms with van der Waals surface area (Å²) >= 11 is 0. The Labute approximate surface area is 141 Å².